The zero-order valence-electron chi connectivity index (χ0n) is 11.3. The molecule has 0 radical (unpaired) electrons. The van der Waals surface area contributed by atoms with Gasteiger partial charge in [-0.25, -0.2) is 0 Å². The van der Waals surface area contributed by atoms with Crippen LogP contribution in [0.3, 0.4) is 0 Å². The standard InChI is InChI=1S/C14H15F2N3O2/c15-14(16)20-11-7-2-1-5-9(11)13-18-12(19-21-13)10-6-3-4-8-17-10/h1-2,5,7,10,14,17H,3-4,6,8H2. The van der Waals surface area contributed by atoms with Crippen molar-refractivity contribution in [2.75, 3.05) is 6.54 Å². The van der Waals surface area contributed by atoms with Gasteiger partial charge < -0.3 is 14.6 Å². The van der Waals surface area contributed by atoms with E-state index in [1.54, 1.807) is 18.2 Å². The van der Waals surface area contributed by atoms with Crippen LogP contribution >= 0.6 is 0 Å². The van der Waals surface area contributed by atoms with Gasteiger partial charge in [0.15, 0.2) is 5.82 Å². The summed E-state index contributed by atoms with van der Waals surface area (Å²) in [6, 6.07) is 6.44. The van der Waals surface area contributed by atoms with Gasteiger partial charge in [0.2, 0.25) is 0 Å². The van der Waals surface area contributed by atoms with Crippen LogP contribution in [0.5, 0.6) is 5.75 Å². The number of para-hydroxylation sites is 1. The molecule has 7 heteroatoms. The third kappa shape index (κ3) is 3.18. The molecule has 1 N–H and O–H groups in total. The number of halogens is 2. The van der Waals surface area contributed by atoms with Gasteiger partial charge >= 0.3 is 6.61 Å². The number of ether oxygens (including phenoxy) is 1. The molecule has 1 saturated heterocycles. The first-order valence-corrected chi connectivity index (χ1v) is 6.85. The minimum atomic E-state index is -2.89. The fourth-order valence-electron chi connectivity index (χ4n) is 2.40. The van der Waals surface area contributed by atoms with Gasteiger partial charge in [0.25, 0.3) is 5.89 Å². The highest BCUT2D eigenvalue weighted by Crippen LogP contribution is 2.31. The van der Waals surface area contributed by atoms with Crippen LogP contribution in [0, 0.1) is 0 Å². The molecule has 0 bridgehead atoms. The summed E-state index contributed by atoms with van der Waals surface area (Å²) in [4.78, 5) is 4.31. The molecule has 2 heterocycles. The van der Waals surface area contributed by atoms with Crippen LogP contribution in [0.2, 0.25) is 0 Å². The average Bonchev–Trinajstić information content (AvgIpc) is 2.98. The van der Waals surface area contributed by atoms with Gasteiger partial charge in [-0.1, -0.05) is 23.7 Å². The molecule has 21 heavy (non-hydrogen) atoms. The van der Waals surface area contributed by atoms with E-state index in [1.165, 1.54) is 6.07 Å². The molecule has 1 aromatic carbocycles. The fourth-order valence-corrected chi connectivity index (χ4v) is 2.40. The van der Waals surface area contributed by atoms with Crippen molar-refractivity contribution in [3.8, 4) is 17.2 Å². The number of alkyl halides is 2. The van der Waals surface area contributed by atoms with Crippen molar-refractivity contribution in [3.05, 3.63) is 30.1 Å². The first kappa shape index (κ1) is 13.9. The number of nitrogens with zero attached hydrogens (tertiary/aromatic N) is 2. The number of piperidine rings is 1. The molecule has 1 fully saturated rings. The molecule has 112 valence electrons. The van der Waals surface area contributed by atoms with E-state index in [2.05, 4.69) is 20.2 Å². The molecule has 0 aliphatic carbocycles. The summed E-state index contributed by atoms with van der Waals surface area (Å²) in [6.45, 7) is -1.98. The van der Waals surface area contributed by atoms with Crippen molar-refractivity contribution in [1.82, 2.24) is 15.5 Å². The fraction of sp³-hybridized carbons (Fsp3) is 0.429. The van der Waals surface area contributed by atoms with Gasteiger partial charge in [-0.2, -0.15) is 13.8 Å². The average molecular weight is 295 g/mol. The van der Waals surface area contributed by atoms with Crippen molar-refractivity contribution in [2.45, 2.75) is 31.9 Å². The number of nitrogens with one attached hydrogen (secondary N) is 1. The molecule has 1 aliphatic rings. The van der Waals surface area contributed by atoms with E-state index in [-0.39, 0.29) is 17.7 Å². The zero-order valence-corrected chi connectivity index (χ0v) is 11.3. The summed E-state index contributed by atoms with van der Waals surface area (Å²) in [5.74, 6) is 0.768. The lowest BCUT2D eigenvalue weighted by atomic mass is 10.0. The van der Waals surface area contributed by atoms with Gasteiger partial charge in [-0.05, 0) is 31.5 Å². The molecule has 0 spiro atoms. The van der Waals surface area contributed by atoms with E-state index >= 15 is 0 Å². The maximum atomic E-state index is 12.4. The Balaban J connectivity index is 1.85. The number of hydrogen-bond acceptors (Lipinski definition) is 5. The minimum absolute atomic E-state index is 0.0271. The van der Waals surface area contributed by atoms with Crippen molar-refractivity contribution < 1.29 is 18.0 Å². The smallest absolute Gasteiger partial charge is 0.387 e. The van der Waals surface area contributed by atoms with Gasteiger partial charge in [-0.3, -0.25) is 0 Å². The van der Waals surface area contributed by atoms with Crippen LogP contribution in [-0.2, 0) is 0 Å². The second-order valence-corrected chi connectivity index (χ2v) is 4.83. The molecule has 3 rings (SSSR count). The normalized spacial score (nSPS) is 18.9. The summed E-state index contributed by atoms with van der Waals surface area (Å²) in [6.07, 6.45) is 3.17. The Hall–Kier alpha value is -2.02. The minimum Gasteiger partial charge on any atom is -0.434 e. The third-order valence-corrected chi connectivity index (χ3v) is 3.40. The Morgan fingerprint density at radius 2 is 2.14 bits per heavy atom. The van der Waals surface area contributed by atoms with Gasteiger partial charge in [0.1, 0.15) is 5.75 Å². The van der Waals surface area contributed by atoms with E-state index in [0.29, 0.717) is 11.4 Å². The Morgan fingerprint density at radius 1 is 1.29 bits per heavy atom. The first-order valence-electron chi connectivity index (χ1n) is 6.85. The van der Waals surface area contributed by atoms with Crippen LogP contribution < -0.4 is 10.1 Å². The number of benzene rings is 1. The largest absolute Gasteiger partial charge is 0.434 e. The van der Waals surface area contributed by atoms with E-state index in [0.717, 1.165) is 25.8 Å². The molecule has 1 aliphatic heterocycles. The summed E-state index contributed by atoms with van der Waals surface area (Å²) in [7, 11) is 0. The zero-order chi connectivity index (χ0) is 14.7. The van der Waals surface area contributed by atoms with Crippen molar-refractivity contribution in [2.24, 2.45) is 0 Å². The molecule has 5 nitrogen and oxygen atoms in total. The molecule has 0 saturated carbocycles. The summed E-state index contributed by atoms with van der Waals surface area (Å²) in [5.41, 5.74) is 0.368. The van der Waals surface area contributed by atoms with Crippen LogP contribution in [0.15, 0.2) is 28.8 Å². The quantitative estimate of drug-likeness (QED) is 0.939. The molecular weight excluding hydrogens is 280 g/mol. The van der Waals surface area contributed by atoms with Gasteiger partial charge in [0.05, 0.1) is 11.6 Å². The highest BCUT2D eigenvalue weighted by molar-refractivity contribution is 5.62. The summed E-state index contributed by atoms with van der Waals surface area (Å²) in [5, 5.41) is 7.26. The summed E-state index contributed by atoms with van der Waals surface area (Å²) >= 11 is 0. The van der Waals surface area contributed by atoms with Crippen molar-refractivity contribution >= 4 is 0 Å². The Morgan fingerprint density at radius 3 is 2.90 bits per heavy atom. The molecule has 1 atom stereocenters. The third-order valence-electron chi connectivity index (χ3n) is 3.40. The lowest BCUT2D eigenvalue weighted by Crippen LogP contribution is -2.27. The Kier molecular flexibility index (Phi) is 4.10. The van der Waals surface area contributed by atoms with Crippen molar-refractivity contribution in [3.63, 3.8) is 0 Å². The van der Waals surface area contributed by atoms with E-state index in [1.807, 2.05) is 0 Å². The second-order valence-electron chi connectivity index (χ2n) is 4.83. The predicted molar refractivity (Wildman–Crippen MR) is 71.0 cm³/mol. The predicted octanol–water partition coefficient (Wildman–Crippen LogP) is 3.15. The molecular formula is C14H15F2N3O2. The lowest BCUT2D eigenvalue weighted by Gasteiger charge is -2.19. The van der Waals surface area contributed by atoms with E-state index < -0.39 is 6.61 Å². The molecule has 2 aromatic rings. The maximum Gasteiger partial charge on any atom is 0.387 e. The number of rotatable bonds is 4. The SMILES string of the molecule is FC(F)Oc1ccccc1-c1nc(C2CCCCN2)no1. The summed E-state index contributed by atoms with van der Waals surface area (Å²) < 4.78 is 34.5. The lowest BCUT2D eigenvalue weighted by molar-refractivity contribution is -0.0495. The van der Waals surface area contributed by atoms with Crippen molar-refractivity contribution in [1.29, 1.82) is 0 Å². The number of hydrogen-bond donors (Lipinski definition) is 1. The van der Waals surface area contributed by atoms with E-state index in [4.69, 9.17) is 4.52 Å². The van der Waals surface area contributed by atoms with E-state index in [9.17, 15) is 8.78 Å². The van der Waals surface area contributed by atoms with Crippen LogP contribution in [0.25, 0.3) is 11.5 Å². The molecule has 0 amide bonds. The monoisotopic (exact) mass is 295 g/mol. The molecule has 1 unspecified atom stereocenters. The highest BCUT2D eigenvalue weighted by Gasteiger charge is 2.22. The Labute approximate surface area is 120 Å². The Bertz CT molecular complexity index is 597. The van der Waals surface area contributed by atoms with Crippen LogP contribution in [0.1, 0.15) is 31.1 Å². The van der Waals surface area contributed by atoms with Crippen LogP contribution in [-0.4, -0.2) is 23.3 Å². The van der Waals surface area contributed by atoms with Crippen LogP contribution in [0.4, 0.5) is 8.78 Å². The highest BCUT2D eigenvalue weighted by atomic mass is 19.3. The maximum absolute atomic E-state index is 12.4. The topological polar surface area (TPSA) is 60.2 Å². The van der Waals surface area contributed by atoms with Gasteiger partial charge in [0, 0.05) is 0 Å². The number of aromatic nitrogens is 2. The first-order chi connectivity index (χ1) is 10.2. The van der Waals surface area contributed by atoms with Gasteiger partial charge in [-0.15, -0.1) is 0 Å². The second kappa shape index (κ2) is 6.17. The molecule has 1 aromatic heterocycles.